The third-order valence-electron chi connectivity index (χ3n) is 3.62. The fourth-order valence-corrected chi connectivity index (χ4v) is 2.38. The molecule has 11 heteroatoms. The number of nitro groups is 1. The smallest absolute Gasteiger partial charge is 0.345 e. The zero-order valence-electron chi connectivity index (χ0n) is 14.1. The first-order valence-corrected chi connectivity index (χ1v) is 7.85. The molecule has 3 rings (SSSR count). The zero-order valence-corrected chi connectivity index (χ0v) is 14.1. The molecule has 0 aliphatic carbocycles. The number of nitrogens with zero attached hydrogens (tertiary/aromatic N) is 1. The molecule has 0 atom stereocenters. The van der Waals surface area contributed by atoms with Crippen molar-refractivity contribution in [2.24, 2.45) is 0 Å². The summed E-state index contributed by atoms with van der Waals surface area (Å²) in [6, 6.07) is 4.62. The first-order valence-electron chi connectivity index (χ1n) is 7.85. The van der Waals surface area contributed by atoms with Crippen molar-refractivity contribution in [2.75, 3.05) is 25.1 Å². The van der Waals surface area contributed by atoms with Gasteiger partial charge in [0.1, 0.15) is 30.4 Å². The van der Waals surface area contributed by atoms with Gasteiger partial charge >= 0.3 is 5.97 Å². The predicted molar refractivity (Wildman–Crippen MR) is 89.4 cm³/mol. The Kier molecular flexibility index (Phi) is 5.34. The van der Waals surface area contributed by atoms with E-state index >= 15 is 0 Å². The van der Waals surface area contributed by atoms with Gasteiger partial charge in [-0.05, 0) is 12.1 Å². The van der Waals surface area contributed by atoms with E-state index in [4.69, 9.17) is 14.2 Å². The van der Waals surface area contributed by atoms with E-state index in [1.165, 1.54) is 0 Å². The van der Waals surface area contributed by atoms with Crippen LogP contribution in [0.2, 0.25) is 0 Å². The lowest BCUT2D eigenvalue weighted by atomic mass is 10.1. The molecule has 0 unspecified atom stereocenters. The molecule has 146 valence electrons. The molecular weight excluding hydrogens is 382 g/mol. The molecule has 2 aromatic rings. The highest BCUT2D eigenvalue weighted by Crippen LogP contribution is 2.36. The molecule has 1 aliphatic rings. The van der Waals surface area contributed by atoms with Crippen molar-refractivity contribution in [3.63, 3.8) is 0 Å². The maximum absolute atomic E-state index is 13.5. The molecule has 1 aliphatic heterocycles. The van der Waals surface area contributed by atoms with Crippen molar-refractivity contribution in [2.45, 2.75) is 0 Å². The SMILES string of the molecule is O=C(COC(=O)c1cc2c(cc1[N+](=O)[O-])OCCO2)Nc1ccc(F)cc1F. The third-order valence-corrected chi connectivity index (χ3v) is 3.62. The number of nitro benzene ring substituents is 1. The highest BCUT2D eigenvalue weighted by Gasteiger charge is 2.27. The fraction of sp³-hybridized carbons (Fsp3) is 0.176. The lowest BCUT2D eigenvalue weighted by Gasteiger charge is -2.18. The topological polar surface area (TPSA) is 117 Å². The second-order valence-electron chi connectivity index (χ2n) is 5.52. The minimum absolute atomic E-state index is 0.110. The van der Waals surface area contributed by atoms with Gasteiger partial charge in [0.05, 0.1) is 16.7 Å². The number of esters is 1. The van der Waals surface area contributed by atoms with E-state index in [2.05, 4.69) is 5.32 Å². The number of anilines is 1. The Labute approximate surface area is 156 Å². The predicted octanol–water partition coefficient (Wildman–Crippen LogP) is 2.44. The Hall–Kier alpha value is -3.76. The minimum atomic E-state index is -1.15. The number of hydrogen-bond donors (Lipinski definition) is 1. The molecule has 0 fully saturated rings. The third kappa shape index (κ3) is 4.14. The standard InChI is InChI=1S/C17H12F2N2O7/c18-9-1-2-12(11(19)5-9)20-16(22)8-28-17(23)10-6-14-15(27-4-3-26-14)7-13(10)21(24)25/h1-2,5-7H,3-4,8H2,(H,20,22). The Bertz CT molecular complexity index is 965. The molecule has 28 heavy (non-hydrogen) atoms. The number of ether oxygens (including phenoxy) is 3. The average Bonchev–Trinajstić information content (AvgIpc) is 2.67. The molecule has 0 saturated heterocycles. The van der Waals surface area contributed by atoms with Gasteiger partial charge in [-0.15, -0.1) is 0 Å². The van der Waals surface area contributed by atoms with Gasteiger partial charge in [-0.2, -0.15) is 0 Å². The largest absolute Gasteiger partial charge is 0.486 e. The summed E-state index contributed by atoms with van der Waals surface area (Å²) in [6.45, 7) is -0.444. The van der Waals surface area contributed by atoms with Crippen LogP contribution in [0.3, 0.4) is 0 Å². The molecule has 0 spiro atoms. The van der Waals surface area contributed by atoms with E-state index in [9.17, 15) is 28.5 Å². The van der Waals surface area contributed by atoms with E-state index in [1.54, 1.807) is 0 Å². The lowest BCUT2D eigenvalue weighted by molar-refractivity contribution is -0.385. The van der Waals surface area contributed by atoms with Crippen LogP contribution in [0.25, 0.3) is 0 Å². The number of fused-ring (bicyclic) bond motifs is 1. The van der Waals surface area contributed by atoms with E-state index in [-0.39, 0.29) is 30.4 Å². The second-order valence-corrected chi connectivity index (χ2v) is 5.52. The van der Waals surface area contributed by atoms with Crippen LogP contribution < -0.4 is 14.8 Å². The van der Waals surface area contributed by atoms with Gasteiger partial charge in [-0.25, -0.2) is 13.6 Å². The molecule has 1 amide bonds. The monoisotopic (exact) mass is 394 g/mol. The second kappa shape index (κ2) is 7.86. The van der Waals surface area contributed by atoms with Gasteiger partial charge in [0, 0.05) is 12.1 Å². The maximum Gasteiger partial charge on any atom is 0.345 e. The summed E-state index contributed by atoms with van der Waals surface area (Å²) in [6.07, 6.45) is 0. The van der Waals surface area contributed by atoms with Gasteiger partial charge in [0.25, 0.3) is 11.6 Å². The summed E-state index contributed by atoms with van der Waals surface area (Å²) in [5, 5.41) is 13.3. The van der Waals surface area contributed by atoms with Crippen LogP contribution in [0.5, 0.6) is 11.5 Å². The van der Waals surface area contributed by atoms with Gasteiger partial charge < -0.3 is 19.5 Å². The van der Waals surface area contributed by atoms with Gasteiger partial charge in [0.2, 0.25) is 0 Å². The first kappa shape index (κ1) is 19.0. The normalized spacial score (nSPS) is 12.2. The maximum atomic E-state index is 13.5. The molecule has 0 aromatic heterocycles. The highest BCUT2D eigenvalue weighted by atomic mass is 19.1. The van der Waals surface area contributed by atoms with Crippen molar-refractivity contribution < 1.29 is 37.5 Å². The average molecular weight is 394 g/mol. The molecule has 1 heterocycles. The quantitative estimate of drug-likeness (QED) is 0.470. The number of carbonyl (C=O) groups is 2. The fourth-order valence-electron chi connectivity index (χ4n) is 2.38. The van der Waals surface area contributed by atoms with Crippen LogP contribution in [-0.2, 0) is 9.53 Å². The van der Waals surface area contributed by atoms with Crippen LogP contribution >= 0.6 is 0 Å². The first-order chi connectivity index (χ1) is 13.3. The summed E-state index contributed by atoms with van der Waals surface area (Å²) in [4.78, 5) is 34.4. The Morgan fingerprint density at radius 3 is 2.46 bits per heavy atom. The summed E-state index contributed by atoms with van der Waals surface area (Å²) in [5.74, 6) is -3.67. The summed E-state index contributed by atoms with van der Waals surface area (Å²) >= 11 is 0. The van der Waals surface area contributed by atoms with Crippen LogP contribution in [0, 0.1) is 21.7 Å². The van der Waals surface area contributed by atoms with Crippen LogP contribution in [0.15, 0.2) is 30.3 Å². The highest BCUT2D eigenvalue weighted by molar-refractivity contribution is 5.98. The molecule has 9 nitrogen and oxygen atoms in total. The number of halogens is 2. The molecule has 0 radical (unpaired) electrons. The Balaban J connectivity index is 1.70. The van der Waals surface area contributed by atoms with Crippen molar-refractivity contribution >= 4 is 23.3 Å². The van der Waals surface area contributed by atoms with Crippen LogP contribution in [-0.4, -0.2) is 36.6 Å². The van der Waals surface area contributed by atoms with E-state index < -0.39 is 46.3 Å². The number of nitrogens with one attached hydrogen (secondary N) is 1. The molecule has 2 aromatic carbocycles. The van der Waals surface area contributed by atoms with Gasteiger partial charge in [-0.3, -0.25) is 14.9 Å². The summed E-state index contributed by atoms with van der Waals surface area (Å²) < 4.78 is 41.6. The number of carbonyl (C=O) groups excluding carboxylic acids is 2. The van der Waals surface area contributed by atoms with Gasteiger partial charge in [0.15, 0.2) is 18.1 Å². The van der Waals surface area contributed by atoms with E-state index in [0.29, 0.717) is 6.07 Å². The zero-order chi connectivity index (χ0) is 20.3. The summed E-state index contributed by atoms with van der Waals surface area (Å²) in [7, 11) is 0. The molecular formula is C17H12F2N2O7. The Morgan fingerprint density at radius 1 is 1.14 bits per heavy atom. The van der Waals surface area contributed by atoms with Crippen molar-refractivity contribution in [3.05, 3.63) is 57.6 Å². The number of benzene rings is 2. The molecule has 0 saturated carbocycles. The van der Waals surface area contributed by atoms with E-state index in [0.717, 1.165) is 24.3 Å². The lowest BCUT2D eigenvalue weighted by Crippen LogP contribution is -2.22. The van der Waals surface area contributed by atoms with Crippen molar-refractivity contribution in [3.8, 4) is 11.5 Å². The Morgan fingerprint density at radius 2 is 1.82 bits per heavy atom. The summed E-state index contributed by atoms with van der Waals surface area (Å²) in [5.41, 5.74) is -1.33. The number of rotatable bonds is 5. The van der Waals surface area contributed by atoms with Crippen molar-refractivity contribution in [1.82, 2.24) is 0 Å². The molecule has 1 N–H and O–H groups in total. The molecule has 0 bridgehead atoms. The van der Waals surface area contributed by atoms with Gasteiger partial charge in [-0.1, -0.05) is 0 Å². The van der Waals surface area contributed by atoms with Crippen LogP contribution in [0.1, 0.15) is 10.4 Å². The number of hydrogen-bond acceptors (Lipinski definition) is 7. The van der Waals surface area contributed by atoms with E-state index in [1.807, 2.05) is 0 Å². The van der Waals surface area contributed by atoms with Crippen molar-refractivity contribution in [1.29, 1.82) is 0 Å². The minimum Gasteiger partial charge on any atom is -0.486 e. The van der Waals surface area contributed by atoms with Crippen LogP contribution in [0.4, 0.5) is 20.2 Å². The number of amides is 1.